The summed E-state index contributed by atoms with van der Waals surface area (Å²) in [5.74, 6) is 0.0263. The second-order valence-electron chi connectivity index (χ2n) is 5.35. The minimum atomic E-state index is -1.09. The van der Waals surface area contributed by atoms with Gasteiger partial charge < -0.3 is 24.3 Å². The van der Waals surface area contributed by atoms with Crippen molar-refractivity contribution in [2.75, 3.05) is 19.0 Å². The summed E-state index contributed by atoms with van der Waals surface area (Å²) in [6.07, 6.45) is 6.12. The first kappa shape index (κ1) is 16.6. The third kappa shape index (κ3) is 3.79. The highest BCUT2D eigenvalue weighted by atomic mass is 16.5. The Morgan fingerprint density at radius 3 is 2.80 bits per heavy atom. The van der Waals surface area contributed by atoms with Crippen LogP contribution in [0.2, 0.25) is 0 Å². The zero-order valence-electron chi connectivity index (χ0n) is 13.7. The fourth-order valence-corrected chi connectivity index (χ4v) is 2.44. The highest BCUT2D eigenvalue weighted by Gasteiger charge is 2.23. The van der Waals surface area contributed by atoms with E-state index in [1.165, 1.54) is 0 Å². The van der Waals surface area contributed by atoms with Gasteiger partial charge in [-0.1, -0.05) is 5.16 Å². The molecular weight excluding hydrogens is 324 g/mol. The molecule has 8 heteroatoms. The van der Waals surface area contributed by atoms with E-state index < -0.39 is 5.97 Å². The average Bonchev–Trinajstić information content (AvgIpc) is 3.28. The van der Waals surface area contributed by atoms with Crippen LogP contribution in [0.4, 0.5) is 5.82 Å². The number of imidazole rings is 1. The van der Waals surface area contributed by atoms with Gasteiger partial charge in [-0.2, -0.15) is 0 Å². The number of hydrogen-bond acceptors (Lipinski definition) is 6. The molecule has 0 aliphatic carbocycles. The number of aromatic carboxylic acids is 1. The number of aryl methyl sites for hydroxylation is 1. The number of nitrogens with one attached hydrogen (secondary N) is 1. The molecule has 0 saturated carbocycles. The first-order valence-corrected chi connectivity index (χ1v) is 7.76. The van der Waals surface area contributed by atoms with Gasteiger partial charge in [0.1, 0.15) is 5.75 Å². The van der Waals surface area contributed by atoms with Crippen LogP contribution in [0.1, 0.15) is 16.8 Å². The van der Waals surface area contributed by atoms with Crippen molar-refractivity contribution < 1.29 is 19.2 Å². The number of hydrogen-bond donors (Lipinski definition) is 2. The molecule has 0 unspecified atom stereocenters. The van der Waals surface area contributed by atoms with Crippen LogP contribution in [0.3, 0.4) is 0 Å². The molecule has 0 amide bonds. The molecule has 2 N–H and O–H groups in total. The van der Waals surface area contributed by atoms with Crippen LogP contribution in [-0.2, 0) is 6.54 Å². The Kier molecular flexibility index (Phi) is 4.98. The van der Waals surface area contributed by atoms with Crippen LogP contribution in [0.25, 0.3) is 11.3 Å². The SMILES string of the molecule is COc1ccc(-c2onc(NCCCn3ccnc3)c2C(=O)O)cc1. The highest BCUT2D eigenvalue weighted by molar-refractivity contribution is 5.99. The van der Waals surface area contributed by atoms with Crippen molar-refractivity contribution in [1.29, 1.82) is 0 Å². The Hall–Kier alpha value is -3.29. The molecule has 0 aliphatic heterocycles. The maximum absolute atomic E-state index is 11.6. The molecule has 0 atom stereocenters. The molecule has 0 aliphatic rings. The smallest absolute Gasteiger partial charge is 0.343 e. The predicted molar refractivity (Wildman–Crippen MR) is 90.8 cm³/mol. The van der Waals surface area contributed by atoms with Crippen molar-refractivity contribution in [3.8, 4) is 17.1 Å². The molecule has 0 saturated heterocycles. The topological polar surface area (TPSA) is 102 Å². The van der Waals surface area contributed by atoms with Crippen LogP contribution < -0.4 is 10.1 Å². The van der Waals surface area contributed by atoms with Gasteiger partial charge in [-0.25, -0.2) is 9.78 Å². The van der Waals surface area contributed by atoms with Gasteiger partial charge in [-0.05, 0) is 30.7 Å². The minimum absolute atomic E-state index is 0.0211. The van der Waals surface area contributed by atoms with Gasteiger partial charge in [0.05, 0.1) is 13.4 Å². The molecule has 2 heterocycles. The van der Waals surface area contributed by atoms with E-state index in [9.17, 15) is 9.90 Å². The molecule has 0 fully saturated rings. The standard InChI is InChI=1S/C17H18N4O4/c1-24-13-5-3-12(4-6-13)15-14(17(22)23)16(20-25-15)19-7-2-9-21-10-8-18-11-21/h3-6,8,10-11H,2,7,9H2,1H3,(H,19,20)(H,22,23). The molecule has 0 bridgehead atoms. The zero-order chi connectivity index (χ0) is 17.6. The number of methoxy groups -OCH3 is 1. The number of carboxylic acid groups (broad SMARTS) is 1. The van der Waals surface area contributed by atoms with Crippen LogP contribution in [-0.4, -0.2) is 39.4 Å². The van der Waals surface area contributed by atoms with E-state index in [0.717, 1.165) is 13.0 Å². The number of ether oxygens (including phenoxy) is 1. The van der Waals surface area contributed by atoms with Crippen molar-refractivity contribution in [3.05, 3.63) is 48.5 Å². The maximum Gasteiger partial charge on any atom is 0.343 e. The molecule has 3 rings (SSSR count). The van der Waals surface area contributed by atoms with E-state index in [1.54, 1.807) is 43.9 Å². The lowest BCUT2D eigenvalue weighted by Crippen LogP contribution is -2.09. The molecule has 3 aromatic rings. The molecule has 25 heavy (non-hydrogen) atoms. The number of aromatic nitrogens is 3. The van der Waals surface area contributed by atoms with Gasteiger partial charge >= 0.3 is 5.97 Å². The maximum atomic E-state index is 11.6. The molecule has 2 aromatic heterocycles. The molecule has 8 nitrogen and oxygen atoms in total. The Morgan fingerprint density at radius 2 is 2.16 bits per heavy atom. The Morgan fingerprint density at radius 1 is 1.36 bits per heavy atom. The Bertz CT molecular complexity index is 825. The van der Waals surface area contributed by atoms with E-state index in [0.29, 0.717) is 17.9 Å². The van der Waals surface area contributed by atoms with Crippen LogP contribution in [0.15, 0.2) is 47.5 Å². The van der Waals surface area contributed by atoms with E-state index in [4.69, 9.17) is 9.26 Å². The number of rotatable bonds is 8. The number of carbonyl (C=O) groups is 1. The van der Waals surface area contributed by atoms with Gasteiger partial charge in [0.25, 0.3) is 0 Å². The molecular formula is C17H18N4O4. The summed E-state index contributed by atoms with van der Waals surface area (Å²) in [7, 11) is 1.57. The summed E-state index contributed by atoms with van der Waals surface area (Å²) >= 11 is 0. The van der Waals surface area contributed by atoms with Crippen molar-refractivity contribution in [1.82, 2.24) is 14.7 Å². The van der Waals surface area contributed by atoms with Crippen molar-refractivity contribution in [2.24, 2.45) is 0 Å². The molecule has 0 radical (unpaired) electrons. The number of anilines is 1. The summed E-state index contributed by atoms with van der Waals surface area (Å²) in [6.45, 7) is 1.34. The van der Waals surface area contributed by atoms with E-state index >= 15 is 0 Å². The summed E-state index contributed by atoms with van der Waals surface area (Å²) in [5, 5.41) is 16.4. The van der Waals surface area contributed by atoms with Gasteiger partial charge in [0.15, 0.2) is 17.1 Å². The summed E-state index contributed by atoms with van der Waals surface area (Å²) in [6, 6.07) is 6.94. The Labute approximate surface area is 144 Å². The van der Waals surface area contributed by atoms with Gasteiger partial charge in [-0.3, -0.25) is 0 Å². The molecule has 1 aromatic carbocycles. The van der Waals surface area contributed by atoms with Crippen LogP contribution in [0.5, 0.6) is 5.75 Å². The number of nitrogens with zero attached hydrogens (tertiary/aromatic N) is 3. The zero-order valence-corrected chi connectivity index (χ0v) is 13.7. The van der Waals surface area contributed by atoms with Gasteiger partial charge in [0, 0.05) is 31.0 Å². The minimum Gasteiger partial charge on any atom is -0.497 e. The van der Waals surface area contributed by atoms with Crippen molar-refractivity contribution in [3.63, 3.8) is 0 Å². The average molecular weight is 342 g/mol. The normalized spacial score (nSPS) is 10.6. The van der Waals surface area contributed by atoms with E-state index in [1.807, 2.05) is 10.8 Å². The van der Waals surface area contributed by atoms with Gasteiger partial charge in [-0.15, -0.1) is 0 Å². The van der Waals surface area contributed by atoms with Crippen molar-refractivity contribution >= 4 is 11.8 Å². The molecule has 130 valence electrons. The fraction of sp³-hybridized carbons (Fsp3) is 0.235. The third-order valence-corrected chi connectivity index (χ3v) is 3.70. The highest BCUT2D eigenvalue weighted by Crippen LogP contribution is 2.30. The van der Waals surface area contributed by atoms with Crippen LogP contribution >= 0.6 is 0 Å². The lowest BCUT2D eigenvalue weighted by atomic mass is 10.1. The lowest BCUT2D eigenvalue weighted by Gasteiger charge is -2.05. The second kappa shape index (κ2) is 7.52. The van der Waals surface area contributed by atoms with E-state index in [2.05, 4.69) is 15.5 Å². The summed E-state index contributed by atoms with van der Waals surface area (Å²) < 4.78 is 12.3. The summed E-state index contributed by atoms with van der Waals surface area (Å²) in [5.41, 5.74) is 0.643. The predicted octanol–water partition coefficient (Wildman–Crippen LogP) is 2.75. The summed E-state index contributed by atoms with van der Waals surface area (Å²) in [4.78, 5) is 15.6. The Balaban J connectivity index is 1.71. The van der Waals surface area contributed by atoms with E-state index in [-0.39, 0.29) is 17.1 Å². The number of benzene rings is 1. The largest absolute Gasteiger partial charge is 0.497 e. The van der Waals surface area contributed by atoms with Crippen LogP contribution in [0, 0.1) is 0 Å². The first-order valence-electron chi connectivity index (χ1n) is 7.76. The monoisotopic (exact) mass is 342 g/mol. The van der Waals surface area contributed by atoms with Gasteiger partial charge in [0.2, 0.25) is 0 Å². The lowest BCUT2D eigenvalue weighted by molar-refractivity contribution is 0.0698. The second-order valence-corrected chi connectivity index (χ2v) is 5.35. The quantitative estimate of drug-likeness (QED) is 0.607. The number of carboxylic acids is 1. The fourth-order valence-electron chi connectivity index (χ4n) is 2.44. The third-order valence-electron chi connectivity index (χ3n) is 3.70. The molecule has 0 spiro atoms. The first-order chi connectivity index (χ1) is 12.2. The van der Waals surface area contributed by atoms with Crippen molar-refractivity contribution in [2.45, 2.75) is 13.0 Å².